The maximum Gasteiger partial charge on any atom is 0.230 e. The first kappa shape index (κ1) is 13.4. The van der Waals surface area contributed by atoms with Crippen molar-refractivity contribution in [3.63, 3.8) is 0 Å². The quantitative estimate of drug-likeness (QED) is 0.885. The molecule has 0 aliphatic heterocycles. The number of likely N-dealkylation sites (N-methyl/N-ethyl adjacent to an activating group) is 1. The molecule has 1 N–H and O–H groups in total. The molecule has 98 valence electrons. The molecule has 1 aromatic carbocycles. The second kappa shape index (κ2) is 5.29. The zero-order chi connectivity index (χ0) is 13.2. The smallest absolute Gasteiger partial charge is 0.230 e. The minimum atomic E-state index is -0.322. The van der Waals surface area contributed by atoms with E-state index in [2.05, 4.69) is 10.2 Å². The Balaban J connectivity index is 2.01. The van der Waals surface area contributed by atoms with Gasteiger partial charge in [-0.2, -0.15) is 0 Å². The van der Waals surface area contributed by atoms with E-state index in [4.69, 9.17) is 11.6 Å². The highest BCUT2D eigenvalue weighted by molar-refractivity contribution is 6.30. The molecule has 0 unspecified atom stereocenters. The average molecular weight is 267 g/mol. The van der Waals surface area contributed by atoms with Crippen LogP contribution < -0.4 is 5.32 Å². The third kappa shape index (κ3) is 2.85. The lowest BCUT2D eigenvalue weighted by Crippen LogP contribution is -2.38. The van der Waals surface area contributed by atoms with Gasteiger partial charge in [0.05, 0.1) is 5.41 Å². The molecule has 0 bridgehead atoms. The maximum atomic E-state index is 12.2. The number of nitrogens with one attached hydrogen (secondary N) is 1. The van der Waals surface area contributed by atoms with Crippen LogP contribution in [0.1, 0.15) is 18.4 Å². The van der Waals surface area contributed by atoms with Crippen LogP contribution in [-0.4, -0.2) is 38.0 Å². The Hall–Kier alpha value is -1.06. The Morgan fingerprint density at radius 1 is 1.44 bits per heavy atom. The molecule has 0 saturated heterocycles. The van der Waals surface area contributed by atoms with Gasteiger partial charge in [-0.25, -0.2) is 0 Å². The van der Waals surface area contributed by atoms with Crippen LogP contribution in [0.2, 0.25) is 5.02 Å². The van der Waals surface area contributed by atoms with Gasteiger partial charge in [-0.05, 0) is 44.6 Å². The van der Waals surface area contributed by atoms with Gasteiger partial charge in [0.1, 0.15) is 0 Å². The molecule has 1 fully saturated rings. The zero-order valence-corrected chi connectivity index (χ0v) is 11.6. The van der Waals surface area contributed by atoms with E-state index in [0.717, 1.165) is 24.9 Å². The molecule has 1 amide bonds. The fourth-order valence-electron chi connectivity index (χ4n) is 2.12. The molecule has 1 saturated carbocycles. The molecule has 1 aliphatic rings. The van der Waals surface area contributed by atoms with Crippen molar-refractivity contribution in [2.75, 3.05) is 27.2 Å². The SMILES string of the molecule is CN(C)CCNC(=O)C1(c2cccc(Cl)c2)CC1. The van der Waals surface area contributed by atoms with Gasteiger partial charge >= 0.3 is 0 Å². The van der Waals surface area contributed by atoms with Gasteiger partial charge in [0.2, 0.25) is 5.91 Å². The first-order valence-electron chi connectivity index (χ1n) is 6.24. The summed E-state index contributed by atoms with van der Waals surface area (Å²) in [6, 6.07) is 7.64. The summed E-state index contributed by atoms with van der Waals surface area (Å²) in [7, 11) is 3.99. The van der Waals surface area contributed by atoms with Crippen LogP contribution in [0.3, 0.4) is 0 Å². The Labute approximate surface area is 113 Å². The van der Waals surface area contributed by atoms with E-state index in [0.29, 0.717) is 11.6 Å². The fourth-order valence-corrected chi connectivity index (χ4v) is 2.31. The first-order valence-corrected chi connectivity index (χ1v) is 6.61. The standard InChI is InChI=1S/C14H19ClN2O/c1-17(2)9-8-16-13(18)14(6-7-14)11-4-3-5-12(15)10-11/h3-5,10H,6-9H2,1-2H3,(H,16,18). The molecule has 2 rings (SSSR count). The molecule has 18 heavy (non-hydrogen) atoms. The number of amides is 1. The van der Waals surface area contributed by atoms with Gasteiger partial charge in [-0.3, -0.25) is 4.79 Å². The van der Waals surface area contributed by atoms with Gasteiger partial charge in [0, 0.05) is 18.1 Å². The predicted octanol–water partition coefficient (Wildman–Crippen LogP) is 2.05. The molecular formula is C14H19ClN2O. The van der Waals surface area contributed by atoms with E-state index in [1.165, 1.54) is 0 Å². The van der Waals surface area contributed by atoms with Gasteiger partial charge < -0.3 is 10.2 Å². The van der Waals surface area contributed by atoms with Gasteiger partial charge in [0.25, 0.3) is 0 Å². The summed E-state index contributed by atoms with van der Waals surface area (Å²) in [4.78, 5) is 14.3. The summed E-state index contributed by atoms with van der Waals surface area (Å²) >= 11 is 5.99. The van der Waals surface area contributed by atoms with E-state index in [9.17, 15) is 4.79 Å². The summed E-state index contributed by atoms with van der Waals surface area (Å²) in [6.45, 7) is 1.55. The van der Waals surface area contributed by atoms with Crippen molar-refractivity contribution in [2.45, 2.75) is 18.3 Å². The number of carbonyl (C=O) groups excluding carboxylic acids is 1. The number of nitrogens with zero attached hydrogens (tertiary/aromatic N) is 1. The van der Waals surface area contributed by atoms with Crippen LogP contribution in [0, 0.1) is 0 Å². The Morgan fingerprint density at radius 2 is 2.17 bits per heavy atom. The fraction of sp³-hybridized carbons (Fsp3) is 0.500. The lowest BCUT2D eigenvalue weighted by atomic mass is 9.95. The van der Waals surface area contributed by atoms with Crippen LogP contribution in [0.4, 0.5) is 0 Å². The van der Waals surface area contributed by atoms with Crippen molar-refractivity contribution in [1.29, 1.82) is 0 Å². The van der Waals surface area contributed by atoms with E-state index in [1.54, 1.807) is 0 Å². The summed E-state index contributed by atoms with van der Waals surface area (Å²) in [5.74, 6) is 0.131. The molecule has 4 heteroatoms. The van der Waals surface area contributed by atoms with Crippen molar-refractivity contribution >= 4 is 17.5 Å². The van der Waals surface area contributed by atoms with Crippen molar-refractivity contribution in [3.05, 3.63) is 34.9 Å². The molecule has 0 heterocycles. The molecule has 0 atom stereocenters. The first-order chi connectivity index (χ1) is 8.54. The maximum absolute atomic E-state index is 12.2. The van der Waals surface area contributed by atoms with Crippen molar-refractivity contribution in [1.82, 2.24) is 10.2 Å². The predicted molar refractivity (Wildman–Crippen MR) is 73.9 cm³/mol. The number of hydrogen-bond donors (Lipinski definition) is 1. The van der Waals surface area contributed by atoms with Gasteiger partial charge in [-0.1, -0.05) is 23.7 Å². The summed E-state index contributed by atoms with van der Waals surface area (Å²) < 4.78 is 0. The highest BCUT2D eigenvalue weighted by Gasteiger charge is 2.51. The molecule has 1 aliphatic carbocycles. The van der Waals surface area contributed by atoms with Crippen LogP contribution in [-0.2, 0) is 10.2 Å². The lowest BCUT2D eigenvalue weighted by molar-refractivity contribution is -0.123. The number of carbonyl (C=O) groups is 1. The van der Waals surface area contributed by atoms with Crippen LogP contribution in [0.15, 0.2) is 24.3 Å². The Morgan fingerprint density at radius 3 is 2.72 bits per heavy atom. The second-order valence-electron chi connectivity index (χ2n) is 5.15. The van der Waals surface area contributed by atoms with E-state index >= 15 is 0 Å². The lowest BCUT2D eigenvalue weighted by Gasteiger charge is -2.17. The number of halogens is 1. The Kier molecular flexibility index (Phi) is 3.93. The number of hydrogen-bond acceptors (Lipinski definition) is 2. The molecular weight excluding hydrogens is 248 g/mol. The average Bonchev–Trinajstić information content (AvgIpc) is 3.09. The van der Waals surface area contributed by atoms with Gasteiger partial charge in [-0.15, -0.1) is 0 Å². The highest BCUT2D eigenvalue weighted by atomic mass is 35.5. The van der Waals surface area contributed by atoms with Crippen LogP contribution >= 0.6 is 11.6 Å². The molecule has 1 aromatic rings. The molecule has 0 spiro atoms. The van der Waals surface area contributed by atoms with Gasteiger partial charge in [0.15, 0.2) is 0 Å². The Bertz CT molecular complexity index is 441. The van der Waals surface area contributed by atoms with Crippen LogP contribution in [0.5, 0.6) is 0 Å². The van der Waals surface area contributed by atoms with Crippen LogP contribution in [0.25, 0.3) is 0 Å². The van der Waals surface area contributed by atoms with Crippen molar-refractivity contribution in [2.24, 2.45) is 0 Å². The minimum absolute atomic E-state index is 0.131. The second-order valence-corrected chi connectivity index (χ2v) is 5.59. The third-order valence-electron chi connectivity index (χ3n) is 3.41. The monoisotopic (exact) mass is 266 g/mol. The number of benzene rings is 1. The van der Waals surface area contributed by atoms with Crippen molar-refractivity contribution < 1.29 is 4.79 Å². The number of rotatable bonds is 5. The topological polar surface area (TPSA) is 32.3 Å². The van der Waals surface area contributed by atoms with Crippen molar-refractivity contribution in [3.8, 4) is 0 Å². The van der Waals surface area contributed by atoms with E-state index < -0.39 is 0 Å². The van der Waals surface area contributed by atoms with E-state index in [1.807, 2.05) is 38.4 Å². The molecule has 0 radical (unpaired) electrons. The molecule has 3 nitrogen and oxygen atoms in total. The third-order valence-corrected chi connectivity index (χ3v) is 3.64. The highest BCUT2D eigenvalue weighted by Crippen LogP contribution is 2.48. The largest absolute Gasteiger partial charge is 0.354 e. The summed E-state index contributed by atoms with van der Waals surface area (Å²) in [5, 5.41) is 3.71. The summed E-state index contributed by atoms with van der Waals surface area (Å²) in [5.41, 5.74) is 0.717. The summed E-state index contributed by atoms with van der Waals surface area (Å²) in [6.07, 6.45) is 1.84. The normalized spacial score (nSPS) is 16.7. The van der Waals surface area contributed by atoms with E-state index in [-0.39, 0.29) is 11.3 Å². The molecule has 0 aromatic heterocycles. The minimum Gasteiger partial charge on any atom is -0.354 e. The zero-order valence-electron chi connectivity index (χ0n) is 10.9.